The number of ether oxygens (including phenoxy) is 4. The molecule has 4 saturated heterocycles. The Morgan fingerprint density at radius 2 is 1.37 bits per heavy atom. The van der Waals surface area contributed by atoms with Crippen LogP contribution in [-0.2, 0) is 76.8 Å². The number of likely N-dealkylation sites (tertiary alicyclic amines) is 1. The number of nitrogens with two attached hydrogens (primary N) is 2. The van der Waals surface area contributed by atoms with Gasteiger partial charge in [0, 0.05) is 43.8 Å². The smallest absolute Gasteiger partial charge is 0.412 e. The number of thiol groups is 2. The van der Waals surface area contributed by atoms with Gasteiger partial charge in [-0.2, -0.15) is 0 Å². The zero-order chi connectivity index (χ0) is 67.3. The summed E-state index contributed by atoms with van der Waals surface area (Å²) in [4.78, 5) is 128. The van der Waals surface area contributed by atoms with Crippen LogP contribution in [0.15, 0.2) is 61.7 Å². The van der Waals surface area contributed by atoms with Crippen LogP contribution in [0.2, 0.25) is 0 Å². The minimum Gasteiger partial charge on any atom is -0.447 e. The molecule has 0 saturated carbocycles. The first-order valence-electron chi connectivity index (χ1n) is 28.8. The topological polar surface area (TPSA) is 450 Å². The zero-order valence-corrected chi connectivity index (χ0v) is 53.0. The first kappa shape index (κ1) is 68.8. The Hall–Kier alpha value is -8.07. The number of imidazole rings is 2. The summed E-state index contributed by atoms with van der Waals surface area (Å²) in [5, 5.41) is 12.7. The predicted molar refractivity (Wildman–Crippen MR) is 324 cm³/mol. The van der Waals surface area contributed by atoms with E-state index in [-0.39, 0.29) is 85.0 Å². The number of hydrogen-bond donors (Lipinski definition) is 9. The molecule has 94 heavy (non-hydrogen) atoms. The summed E-state index contributed by atoms with van der Waals surface area (Å²) < 4.78 is 123. The lowest BCUT2D eigenvalue weighted by Crippen LogP contribution is -2.54. The van der Waals surface area contributed by atoms with Gasteiger partial charge in [-0.05, 0) is 36.5 Å². The van der Waals surface area contributed by atoms with E-state index in [9.17, 15) is 51.9 Å². The number of rotatable bonds is 20. The fourth-order valence-electron chi connectivity index (χ4n) is 10.6. The van der Waals surface area contributed by atoms with E-state index < -0.39 is 167 Å². The highest BCUT2D eigenvalue weighted by Crippen LogP contribution is 2.61. The molecular formula is C52H62F3N17O18P2S2. The molecule has 0 bridgehead atoms. The number of carbonyl (C=O) groups excluding carboxylic acids is 8. The van der Waals surface area contributed by atoms with E-state index in [1.165, 1.54) is 35.2 Å². The van der Waals surface area contributed by atoms with Crippen molar-refractivity contribution in [3.8, 4) is 0 Å². The second-order valence-corrected chi connectivity index (χ2v) is 27.9. The van der Waals surface area contributed by atoms with Gasteiger partial charge in [0.1, 0.15) is 74.1 Å². The van der Waals surface area contributed by atoms with Crippen LogP contribution in [0, 0.1) is 5.92 Å². The largest absolute Gasteiger partial charge is 0.447 e. The van der Waals surface area contributed by atoms with Crippen LogP contribution in [0.5, 0.6) is 0 Å². The number of alkyl halides is 3. The molecule has 5 aliphatic heterocycles. The Bertz CT molecular complexity index is 3830. The van der Waals surface area contributed by atoms with Crippen molar-refractivity contribution in [2.75, 3.05) is 55.8 Å². The summed E-state index contributed by atoms with van der Waals surface area (Å²) in [5.41, 5.74) is 11.7. The van der Waals surface area contributed by atoms with Crippen molar-refractivity contribution in [1.29, 1.82) is 0 Å². The normalized spacial score (nSPS) is 27.7. The van der Waals surface area contributed by atoms with Crippen molar-refractivity contribution in [2.45, 2.75) is 120 Å². The number of hydrogen-bond acceptors (Lipinski definition) is 25. The number of carbonyl (C=O) groups is 8. The number of amides is 9. The molecule has 42 heteroatoms. The molecule has 0 radical (unpaired) electrons. The van der Waals surface area contributed by atoms with E-state index in [0.29, 0.717) is 5.56 Å². The zero-order valence-electron chi connectivity index (χ0n) is 49.5. The van der Waals surface area contributed by atoms with Crippen molar-refractivity contribution < 1.29 is 97.7 Å². The maximum Gasteiger partial charge on any atom is 0.412 e. The van der Waals surface area contributed by atoms with Crippen LogP contribution in [-0.4, -0.2) is 197 Å². The van der Waals surface area contributed by atoms with E-state index in [1.54, 1.807) is 13.8 Å². The maximum atomic E-state index is 16.7. The highest BCUT2D eigenvalue weighted by molar-refractivity contribution is 8.44. The second kappa shape index (κ2) is 29.3. The Morgan fingerprint density at radius 1 is 0.777 bits per heavy atom. The number of urea groups is 1. The first-order chi connectivity index (χ1) is 44.7. The van der Waals surface area contributed by atoms with Gasteiger partial charge in [0.05, 0.1) is 38.5 Å². The van der Waals surface area contributed by atoms with Crippen molar-refractivity contribution in [3.63, 3.8) is 0 Å². The van der Waals surface area contributed by atoms with Gasteiger partial charge >= 0.3 is 31.8 Å². The van der Waals surface area contributed by atoms with E-state index in [0.717, 1.165) is 45.5 Å². The number of nitrogen functional groups attached to an aromatic ring is 1. The van der Waals surface area contributed by atoms with Gasteiger partial charge in [-0.15, -0.1) is 0 Å². The van der Waals surface area contributed by atoms with Crippen molar-refractivity contribution in [3.05, 3.63) is 67.3 Å². The molecule has 14 atom stereocenters. The molecule has 1 aromatic carbocycles. The van der Waals surface area contributed by atoms with Gasteiger partial charge in [0.15, 0.2) is 53.2 Å². The lowest BCUT2D eigenvalue weighted by Gasteiger charge is -2.28. The van der Waals surface area contributed by atoms with Gasteiger partial charge < -0.3 is 51.7 Å². The third-order valence-electron chi connectivity index (χ3n) is 15.3. The number of nitrogens with zero attached hydrogens (tertiary/aromatic N) is 10. The van der Waals surface area contributed by atoms with E-state index in [2.05, 4.69) is 81.0 Å². The molecule has 10 rings (SSSR count). The summed E-state index contributed by atoms with van der Waals surface area (Å²) in [7, 11) is 0. The lowest BCUT2D eigenvalue weighted by atomic mass is 10.0. The minimum absolute atomic E-state index is 0.00588. The van der Waals surface area contributed by atoms with Crippen molar-refractivity contribution in [2.24, 2.45) is 11.7 Å². The average Bonchev–Trinajstić information content (AvgIpc) is 1.62. The number of halogens is 3. The Labute approximate surface area is 540 Å². The van der Waals surface area contributed by atoms with Crippen molar-refractivity contribution in [1.82, 2.24) is 64.8 Å². The third-order valence-corrected chi connectivity index (χ3v) is 18.5. The number of nitrogens with one attached hydrogen (secondary N) is 5. The van der Waals surface area contributed by atoms with Crippen LogP contribution in [0.4, 0.5) is 44.9 Å². The standard InChI is InChI=1S/C52H62F3N17O18P2S2/c1-24(2)37(67-32(73)11-13-69-33(74)9-10-34(69)75)47(77)66-29(4-3-12-58-50(57)78)46(76)65-27-7-5-25(6-8-27)16-84-52(80)70-15-26(53)14-28(70)17-83-51(79)68-43-39-45(62-21-60-43)72(23-64-39)49-36(55)41-31(88-49)19-86-91(81,93)89-40-30(18-85-92(82,94)90-41)87-48(35(40)54)71-22-63-38-42(56)59-20-61-44(38)71/h5-10,20-24,26,28-31,35-37,40-41,48-49H,3-4,11-19H2,1-2H3,(H,65,76)(H,66,77)(H,67,73)(H,81,93)(H,82,94)(H2,56,59,61)(H3,57,58,78)(H,60,62,68,79)/t26-,28-,29-,30+,31+,35+,36+,37-,40+,41+,48+,49?,91+,92-/m0/s1. The van der Waals surface area contributed by atoms with Gasteiger partial charge in [-0.3, -0.25) is 66.3 Å². The summed E-state index contributed by atoms with van der Waals surface area (Å²) in [6, 6.07) is 1.87. The monoisotopic (exact) mass is 1400 g/mol. The first-order valence-corrected chi connectivity index (χ1v) is 34.2. The molecule has 9 heterocycles. The number of aromatic nitrogens is 8. The Balaban J connectivity index is 0.712. The van der Waals surface area contributed by atoms with E-state index in [4.69, 9.17) is 48.5 Å². The van der Waals surface area contributed by atoms with Gasteiger partial charge in [-0.1, -0.05) is 50.5 Å². The predicted octanol–water partition coefficient (Wildman–Crippen LogP) is 3.24. The summed E-state index contributed by atoms with van der Waals surface area (Å²) in [6.07, 6.45) is -11.7. The fraction of sp³-hybridized carbons (Fsp3) is 0.500. The maximum absolute atomic E-state index is 16.7. The molecule has 5 aliphatic rings. The summed E-state index contributed by atoms with van der Waals surface area (Å²) in [6.45, 7) is -8.86. The van der Waals surface area contributed by atoms with Crippen LogP contribution >= 0.6 is 38.1 Å². The Morgan fingerprint density at radius 3 is 1.98 bits per heavy atom. The number of primary amides is 1. The highest BCUT2D eigenvalue weighted by Gasteiger charge is 2.55. The molecule has 0 spiro atoms. The number of anilines is 3. The molecule has 1 unspecified atom stereocenters. The third kappa shape index (κ3) is 16.2. The number of benzene rings is 1. The minimum atomic E-state index is -4.61. The van der Waals surface area contributed by atoms with Gasteiger partial charge in [0.2, 0.25) is 17.7 Å². The molecule has 4 aromatic heterocycles. The lowest BCUT2D eigenvalue weighted by molar-refractivity contribution is -0.137. The highest BCUT2D eigenvalue weighted by atomic mass is 32.7. The van der Waals surface area contributed by atoms with Crippen LogP contribution < -0.4 is 38.1 Å². The second-order valence-electron chi connectivity index (χ2n) is 22.1. The van der Waals surface area contributed by atoms with E-state index in [1.807, 2.05) is 0 Å². The fourth-order valence-corrected chi connectivity index (χ4v) is 13.6. The molecule has 9 N–H and O–H groups in total. The van der Waals surface area contributed by atoms with Crippen LogP contribution in [0.1, 0.15) is 57.6 Å². The van der Waals surface area contributed by atoms with Crippen molar-refractivity contribution >= 4 is 125 Å². The average molecular weight is 1400 g/mol. The van der Waals surface area contributed by atoms with E-state index >= 15 is 8.78 Å². The molecule has 0 aliphatic carbocycles. The molecule has 35 nitrogen and oxygen atoms in total. The van der Waals surface area contributed by atoms with Gasteiger partial charge in [-0.25, -0.2) is 66.6 Å². The van der Waals surface area contributed by atoms with Crippen LogP contribution in [0.3, 0.4) is 0 Å². The number of fused-ring (bicyclic) bond motifs is 4. The SMILES string of the molecule is CC(C)[C@H](NC(=O)CCN1C(=O)C=CC1=O)C(=O)N[C@@H](CCCNC(N)=O)C(=O)Nc1ccc(COC(=O)N2C[C@@H](F)C[C@H]2COC(=O)Nc2ncnc3c2ncn3C2O[C@@H]3CO[P@@](=O)(S)O[C@H]4[C@@H](F)[C@H](n5cnc6c(N)ncnc65)O[C@@H]4CO[P@](=O)(S)O[C@H]3[C@H]2F)cc1. The molecule has 5 aromatic rings. The summed E-state index contributed by atoms with van der Waals surface area (Å²) >= 11 is 8.09. The Kier molecular flexibility index (Phi) is 21.4. The summed E-state index contributed by atoms with van der Waals surface area (Å²) in [5.74, 6) is -3.90. The molecule has 9 amide bonds. The molecule has 4 fully saturated rings. The van der Waals surface area contributed by atoms with Gasteiger partial charge in [0.25, 0.3) is 11.8 Å². The molecular weight excluding hydrogens is 1330 g/mol. The quantitative estimate of drug-likeness (QED) is 0.0234. The number of imide groups is 1. The molecule has 506 valence electrons. The van der Waals surface area contributed by atoms with Crippen LogP contribution in [0.25, 0.3) is 22.3 Å².